The Morgan fingerprint density at radius 2 is 2.30 bits per heavy atom. The molecule has 1 heterocycles. The number of carboxylic acids is 1. The van der Waals surface area contributed by atoms with Crippen LogP contribution in [0.5, 0.6) is 5.75 Å². The van der Waals surface area contributed by atoms with Gasteiger partial charge in [-0.15, -0.1) is 0 Å². The first kappa shape index (κ1) is 13.3. The van der Waals surface area contributed by atoms with Crippen molar-refractivity contribution in [3.8, 4) is 5.75 Å². The molecule has 106 valence electrons. The van der Waals surface area contributed by atoms with Crippen LogP contribution in [0.4, 0.5) is 0 Å². The zero-order valence-corrected chi connectivity index (χ0v) is 12.2. The molecular formula is C14H16N2O3S. The summed E-state index contributed by atoms with van der Waals surface area (Å²) in [6, 6.07) is 5.76. The molecule has 1 N–H and O–H groups in total. The molecule has 0 saturated heterocycles. The fourth-order valence-corrected chi connectivity index (χ4v) is 3.17. The molecule has 1 aromatic heterocycles. The molecule has 2 aromatic rings. The third-order valence-corrected chi connectivity index (χ3v) is 4.59. The van der Waals surface area contributed by atoms with Gasteiger partial charge < -0.3 is 14.4 Å². The first-order valence-corrected chi connectivity index (χ1v) is 7.44. The van der Waals surface area contributed by atoms with Gasteiger partial charge in [-0.2, -0.15) is 0 Å². The Morgan fingerprint density at radius 1 is 1.55 bits per heavy atom. The normalized spacial score (nSPS) is 16.3. The Morgan fingerprint density at radius 3 is 2.90 bits per heavy atom. The summed E-state index contributed by atoms with van der Waals surface area (Å²) in [5.41, 5.74) is 1.95. The van der Waals surface area contributed by atoms with E-state index in [1.165, 1.54) is 11.8 Å². The minimum atomic E-state index is -0.827. The number of aliphatic carboxylic acids is 1. The van der Waals surface area contributed by atoms with Gasteiger partial charge in [0.15, 0.2) is 5.16 Å². The average Bonchev–Trinajstić information content (AvgIpc) is 3.04. The van der Waals surface area contributed by atoms with Crippen LogP contribution in [0.25, 0.3) is 11.0 Å². The lowest BCUT2D eigenvalue weighted by molar-refractivity contribution is -0.133. The lowest BCUT2D eigenvalue weighted by Crippen LogP contribution is -2.14. The number of ether oxygens (including phenoxy) is 1. The monoisotopic (exact) mass is 292 g/mol. The first-order chi connectivity index (χ1) is 9.53. The molecule has 1 aromatic carbocycles. The predicted molar refractivity (Wildman–Crippen MR) is 77.5 cm³/mol. The highest BCUT2D eigenvalue weighted by atomic mass is 32.2. The van der Waals surface area contributed by atoms with Gasteiger partial charge in [0.2, 0.25) is 0 Å². The van der Waals surface area contributed by atoms with Crippen LogP contribution in [0.15, 0.2) is 23.4 Å². The Kier molecular flexibility index (Phi) is 3.12. The number of benzene rings is 1. The summed E-state index contributed by atoms with van der Waals surface area (Å²) in [4.78, 5) is 15.4. The van der Waals surface area contributed by atoms with E-state index in [1.807, 2.05) is 18.2 Å². The highest BCUT2D eigenvalue weighted by molar-refractivity contribution is 7.99. The van der Waals surface area contributed by atoms with Crippen LogP contribution in [-0.4, -0.2) is 33.5 Å². The van der Waals surface area contributed by atoms with Crippen LogP contribution >= 0.6 is 11.8 Å². The number of aromatic nitrogens is 2. The minimum absolute atomic E-state index is 0.0243. The van der Waals surface area contributed by atoms with Crippen molar-refractivity contribution in [2.45, 2.75) is 30.5 Å². The van der Waals surface area contributed by atoms with Crippen molar-refractivity contribution < 1.29 is 14.6 Å². The van der Waals surface area contributed by atoms with Crippen molar-refractivity contribution >= 4 is 28.8 Å². The van der Waals surface area contributed by atoms with Gasteiger partial charge in [-0.1, -0.05) is 11.8 Å². The van der Waals surface area contributed by atoms with Crippen LogP contribution in [0, 0.1) is 0 Å². The van der Waals surface area contributed by atoms with E-state index in [2.05, 4.69) is 16.5 Å². The zero-order chi connectivity index (χ0) is 14.3. The number of hydrogen-bond donors (Lipinski definition) is 1. The molecule has 0 bridgehead atoms. The van der Waals surface area contributed by atoms with Crippen molar-refractivity contribution in [1.29, 1.82) is 0 Å². The number of carbonyl (C=O) groups is 1. The molecule has 0 spiro atoms. The molecule has 0 aliphatic heterocycles. The highest BCUT2D eigenvalue weighted by Crippen LogP contribution is 2.47. The molecule has 5 nitrogen and oxygen atoms in total. The molecule has 0 atom stereocenters. The van der Waals surface area contributed by atoms with Crippen molar-refractivity contribution in [3.05, 3.63) is 18.2 Å². The van der Waals surface area contributed by atoms with E-state index in [-0.39, 0.29) is 11.3 Å². The second-order valence-electron chi connectivity index (χ2n) is 5.26. The van der Waals surface area contributed by atoms with E-state index in [1.54, 1.807) is 7.11 Å². The van der Waals surface area contributed by atoms with Gasteiger partial charge in [0.05, 0.1) is 23.9 Å². The van der Waals surface area contributed by atoms with Crippen LogP contribution < -0.4 is 4.74 Å². The summed E-state index contributed by atoms with van der Waals surface area (Å²) in [5.74, 6) is -0.0129. The summed E-state index contributed by atoms with van der Waals surface area (Å²) in [6.07, 6.45) is 2.19. The van der Waals surface area contributed by atoms with E-state index >= 15 is 0 Å². The van der Waals surface area contributed by atoms with Crippen molar-refractivity contribution in [2.75, 3.05) is 12.9 Å². The third-order valence-electron chi connectivity index (χ3n) is 3.67. The van der Waals surface area contributed by atoms with E-state index in [0.717, 1.165) is 34.8 Å². The molecule has 0 amide bonds. The number of carboxylic acid groups (broad SMARTS) is 1. The highest BCUT2D eigenvalue weighted by Gasteiger charge is 2.42. The summed E-state index contributed by atoms with van der Waals surface area (Å²) >= 11 is 1.27. The van der Waals surface area contributed by atoms with Crippen molar-refractivity contribution in [1.82, 2.24) is 9.55 Å². The number of fused-ring (bicyclic) bond motifs is 1. The molecule has 1 saturated carbocycles. The predicted octanol–water partition coefficient (Wildman–Crippen LogP) is 2.73. The molecule has 3 rings (SSSR count). The van der Waals surface area contributed by atoms with Gasteiger partial charge in [0.1, 0.15) is 5.75 Å². The lowest BCUT2D eigenvalue weighted by atomic mass is 10.2. The molecule has 0 radical (unpaired) electrons. The fraction of sp³-hybridized carbons (Fsp3) is 0.429. The lowest BCUT2D eigenvalue weighted by Gasteiger charge is -2.15. The first-order valence-electron chi connectivity index (χ1n) is 6.45. The molecule has 1 fully saturated rings. The maximum Gasteiger partial charge on any atom is 0.313 e. The Labute approximate surface area is 120 Å². The standard InChI is InChI=1S/C14H16N2O3S/c1-14(5-6-14)16-11-7-9(19-2)3-4-10(11)15-13(16)20-8-12(17)18/h3-4,7H,5-6,8H2,1-2H3,(H,17,18). The van der Waals surface area contributed by atoms with Crippen molar-refractivity contribution in [2.24, 2.45) is 0 Å². The second-order valence-corrected chi connectivity index (χ2v) is 6.21. The van der Waals surface area contributed by atoms with Gasteiger partial charge in [-0.25, -0.2) is 4.98 Å². The molecule has 6 heteroatoms. The molecular weight excluding hydrogens is 276 g/mol. The topological polar surface area (TPSA) is 64.3 Å². The smallest absolute Gasteiger partial charge is 0.313 e. The van der Waals surface area contributed by atoms with E-state index in [4.69, 9.17) is 9.84 Å². The Hall–Kier alpha value is -1.69. The van der Waals surface area contributed by atoms with Crippen molar-refractivity contribution in [3.63, 3.8) is 0 Å². The number of methoxy groups -OCH3 is 1. The molecule has 1 aliphatic carbocycles. The van der Waals surface area contributed by atoms with Gasteiger partial charge in [0, 0.05) is 11.6 Å². The Bertz CT molecular complexity index is 676. The molecule has 20 heavy (non-hydrogen) atoms. The number of hydrogen-bond acceptors (Lipinski definition) is 4. The SMILES string of the molecule is COc1ccc2nc(SCC(=O)O)n(C3(C)CC3)c2c1. The van der Waals surface area contributed by atoms with Crippen LogP contribution in [0.2, 0.25) is 0 Å². The summed E-state index contributed by atoms with van der Waals surface area (Å²) < 4.78 is 7.44. The largest absolute Gasteiger partial charge is 0.497 e. The van der Waals surface area contributed by atoms with E-state index in [9.17, 15) is 4.79 Å². The van der Waals surface area contributed by atoms with Crippen LogP contribution in [0.1, 0.15) is 19.8 Å². The summed E-state index contributed by atoms with van der Waals surface area (Å²) in [7, 11) is 1.64. The summed E-state index contributed by atoms with van der Waals surface area (Å²) in [6.45, 7) is 2.18. The zero-order valence-electron chi connectivity index (χ0n) is 11.4. The number of imidazole rings is 1. The van der Waals surface area contributed by atoms with Gasteiger partial charge in [-0.3, -0.25) is 4.79 Å². The minimum Gasteiger partial charge on any atom is -0.497 e. The maximum atomic E-state index is 10.8. The third kappa shape index (κ3) is 2.24. The number of thioether (sulfide) groups is 1. The van der Waals surface area contributed by atoms with Gasteiger partial charge >= 0.3 is 5.97 Å². The van der Waals surface area contributed by atoms with Crippen LogP contribution in [-0.2, 0) is 10.3 Å². The second kappa shape index (κ2) is 4.70. The Balaban J connectivity index is 2.11. The number of nitrogens with zero attached hydrogens (tertiary/aromatic N) is 2. The average molecular weight is 292 g/mol. The van der Waals surface area contributed by atoms with Gasteiger partial charge in [0.25, 0.3) is 0 Å². The quantitative estimate of drug-likeness (QED) is 0.858. The fourth-order valence-electron chi connectivity index (χ4n) is 2.31. The summed E-state index contributed by atoms with van der Waals surface area (Å²) in [5, 5.41) is 9.64. The van der Waals surface area contributed by atoms with E-state index < -0.39 is 5.97 Å². The van der Waals surface area contributed by atoms with Gasteiger partial charge in [-0.05, 0) is 31.9 Å². The molecule has 1 aliphatic rings. The molecule has 0 unspecified atom stereocenters. The number of rotatable bonds is 5. The maximum absolute atomic E-state index is 10.8. The van der Waals surface area contributed by atoms with Crippen LogP contribution in [0.3, 0.4) is 0 Å². The van der Waals surface area contributed by atoms with E-state index in [0.29, 0.717) is 0 Å².